The molecule has 3 heterocycles. The van der Waals surface area contributed by atoms with E-state index in [-0.39, 0.29) is 0 Å². The minimum absolute atomic E-state index is 0.761. The van der Waals surface area contributed by atoms with E-state index in [1.807, 2.05) is 36.4 Å². The second kappa shape index (κ2) is 7.97. The molecule has 6 heteroatoms. The van der Waals surface area contributed by atoms with Crippen molar-refractivity contribution >= 4 is 0 Å². The molecule has 0 atom stereocenters. The molecule has 0 saturated heterocycles. The van der Waals surface area contributed by atoms with Gasteiger partial charge in [0.15, 0.2) is 0 Å². The number of nitrogens with zero attached hydrogens (tertiary/aromatic N) is 5. The maximum absolute atomic E-state index is 4.60. The number of nitrogens with one attached hydrogen (secondary N) is 1. The summed E-state index contributed by atoms with van der Waals surface area (Å²) in [7, 11) is 1.95. The van der Waals surface area contributed by atoms with Gasteiger partial charge in [-0.05, 0) is 23.3 Å². The molecule has 3 aromatic heterocycles. The summed E-state index contributed by atoms with van der Waals surface area (Å²) in [5, 5.41) is 8.14. The monoisotopic (exact) mass is 358 g/mol. The van der Waals surface area contributed by atoms with E-state index >= 15 is 0 Å². The maximum Gasteiger partial charge on any atom is 0.0969 e. The van der Waals surface area contributed by atoms with Crippen molar-refractivity contribution in [2.75, 3.05) is 0 Å². The van der Waals surface area contributed by atoms with Gasteiger partial charge in [-0.1, -0.05) is 24.3 Å². The fourth-order valence-electron chi connectivity index (χ4n) is 3.19. The van der Waals surface area contributed by atoms with Gasteiger partial charge in [0, 0.05) is 68.8 Å². The zero-order valence-corrected chi connectivity index (χ0v) is 15.3. The Balaban J connectivity index is 1.41. The van der Waals surface area contributed by atoms with Gasteiger partial charge >= 0.3 is 0 Å². The van der Waals surface area contributed by atoms with Crippen LogP contribution in [0.2, 0.25) is 0 Å². The van der Waals surface area contributed by atoms with Crippen LogP contribution in [0.25, 0.3) is 11.3 Å². The van der Waals surface area contributed by atoms with Crippen molar-refractivity contribution in [1.82, 2.24) is 29.6 Å². The third-order valence-corrected chi connectivity index (χ3v) is 4.42. The predicted molar refractivity (Wildman–Crippen MR) is 105 cm³/mol. The molecule has 6 nitrogen and oxygen atoms in total. The first-order valence-electron chi connectivity index (χ1n) is 8.95. The van der Waals surface area contributed by atoms with Crippen molar-refractivity contribution in [2.45, 2.75) is 19.6 Å². The van der Waals surface area contributed by atoms with Crippen molar-refractivity contribution < 1.29 is 0 Å². The van der Waals surface area contributed by atoms with Crippen molar-refractivity contribution in [2.24, 2.45) is 7.05 Å². The van der Waals surface area contributed by atoms with Crippen molar-refractivity contribution in [3.05, 3.63) is 90.4 Å². The van der Waals surface area contributed by atoms with Crippen LogP contribution in [0.1, 0.15) is 16.7 Å². The minimum atomic E-state index is 0.761. The van der Waals surface area contributed by atoms with E-state index < -0.39 is 0 Å². The summed E-state index contributed by atoms with van der Waals surface area (Å²) < 4.78 is 3.93. The van der Waals surface area contributed by atoms with Crippen LogP contribution in [-0.2, 0) is 26.7 Å². The Hall–Kier alpha value is -3.25. The van der Waals surface area contributed by atoms with E-state index in [0.29, 0.717) is 0 Å². The van der Waals surface area contributed by atoms with Crippen LogP contribution in [0.15, 0.2) is 73.7 Å². The van der Waals surface area contributed by atoms with Gasteiger partial charge in [-0.25, -0.2) is 4.98 Å². The number of benzene rings is 1. The van der Waals surface area contributed by atoms with Gasteiger partial charge in [0.2, 0.25) is 0 Å². The van der Waals surface area contributed by atoms with E-state index in [0.717, 1.165) is 30.9 Å². The molecule has 4 aromatic rings. The van der Waals surface area contributed by atoms with E-state index in [4.69, 9.17) is 0 Å². The molecule has 0 radical (unpaired) electrons. The molecule has 0 aliphatic carbocycles. The highest BCUT2D eigenvalue weighted by atomic mass is 15.3. The SMILES string of the molecule is Cn1cc(CNCc2cccc(Cn3ccnc3)c2)c(-c2ccncc2)n1. The largest absolute Gasteiger partial charge is 0.333 e. The summed E-state index contributed by atoms with van der Waals surface area (Å²) in [6, 6.07) is 12.6. The van der Waals surface area contributed by atoms with Gasteiger partial charge in [-0.3, -0.25) is 9.67 Å². The first-order chi connectivity index (χ1) is 13.3. The van der Waals surface area contributed by atoms with Gasteiger partial charge in [-0.15, -0.1) is 0 Å². The predicted octanol–water partition coefficient (Wildman–Crippen LogP) is 3.02. The lowest BCUT2D eigenvalue weighted by Crippen LogP contribution is -2.13. The molecule has 4 rings (SSSR count). The van der Waals surface area contributed by atoms with Crippen LogP contribution in [0.3, 0.4) is 0 Å². The number of pyridine rings is 1. The van der Waals surface area contributed by atoms with Crippen LogP contribution in [0, 0.1) is 0 Å². The lowest BCUT2D eigenvalue weighted by atomic mass is 10.1. The Morgan fingerprint density at radius 2 is 1.81 bits per heavy atom. The molecule has 0 bridgehead atoms. The van der Waals surface area contributed by atoms with Crippen molar-refractivity contribution in [3.8, 4) is 11.3 Å². The zero-order valence-electron chi connectivity index (χ0n) is 15.3. The Labute approximate surface area is 158 Å². The Morgan fingerprint density at radius 3 is 2.63 bits per heavy atom. The van der Waals surface area contributed by atoms with E-state index in [9.17, 15) is 0 Å². The normalized spacial score (nSPS) is 11.0. The molecular weight excluding hydrogens is 336 g/mol. The molecule has 1 aromatic carbocycles. The molecule has 0 spiro atoms. The smallest absolute Gasteiger partial charge is 0.0969 e. The highest BCUT2D eigenvalue weighted by Gasteiger charge is 2.09. The molecule has 0 aliphatic heterocycles. The van der Waals surface area contributed by atoms with E-state index in [1.54, 1.807) is 18.6 Å². The lowest BCUT2D eigenvalue weighted by Gasteiger charge is -2.08. The first kappa shape index (κ1) is 17.2. The maximum atomic E-state index is 4.60. The first-order valence-corrected chi connectivity index (χ1v) is 8.95. The van der Waals surface area contributed by atoms with E-state index in [1.165, 1.54) is 16.7 Å². The molecule has 0 amide bonds. The highest BCUT2D eigenvalue weighted by Crippen LogP contribution is 2.21. The van der Waals surface area contributed by atoms with Gasteiger partial charge in [0.05, 0.1) is 12.0 Å². The second-order valence-corrected chi connectivity index (χ2v) is 6.57. The molecule has 0 fully saturated rings. The molecule has 0 unspecified atom stereocenters. The summed E-state index contributed by atoms with van der Waals surface area (Å²) in [4.78, 5) is 8.19. The number of imidazole rings is 1. The Morgan fingerprint density at radius 1 is 0.963 bits per heavy atom. The standard InChI is InChI=1S/C21H22N6/c1-26-15-20(21(25-26)19-5-7-22-8-6-19)13-24-12-17-3-2-4-18(11-17)14-27-10-9-23-16-27/h2-11,15-16,24H,12-14H2,1H3. The molecule has 136 valence electrons. The molecule has 27 heavy (non-hydrogen) atoms. The third-order valence-electron chi connectivity index (χ3n) is 4.42. The number of hydrogen-bond donors (Lipinski definition) is 1. The van der Waals surface area contributed by atoms with Gasteiger partial charge in [-0.2, -0.15) is 5.10 Å². The molecule has 1 N–H and O–H groups in total. The highest BCUT2D eigenvalue weighted by molar-refractivity contribution is 5.61. The zero-order chi connectivity index (χ0) is 18.5. The summed E-state index contributed by atoms with van der Waals surface area (Å²) in [6.07, 6.45) is 11.3. The van der Waals surface area contributed by atoms with Gasteiger partial charge in [0.1, 0.15) is 0 Å². The number of hydrogen-bond acceptors (Lipinski definition) is 4. The van der Waals surface area contributed by atoms with Crippen LogP contribution >= 0.6 is 0 Å². The van der Waals surface area contributed by atoms with Crippen LogP contribution in [0.5, 0.6) is 0 Å². The topological polar surface area (TPSA) is 60.6 Å². The van der Waals surface area contributed by atoms with Gasteiger partial charge in [0.25, 0.3) is 0 Å². The number of aryl methyl sites for hydroxylation is 1. The molecule has 0 aliphatic rings. The summed E-state index contributed by atoms with van der Waals surface area (Å²) in [6.45, 7) is 2.41. The average molecular weight is 358 g/mol. The Bertz CT molecular complexity index is 989. The summed E-state index contributed by atoms with van der Waals surface area (Å²) >= 11 is 0. The van der Waals surface area contributed by atoms with Gasteiger partial charge < -0.3 is 9.88 Å². The molecule has 0 saturated carbocycles. The van der Waals surface area contributed by atoms with Crippen LogP contribution < -0.4 is 5.32 Å². The third kappa shape index (κ3) is 4.30. The summed E-state index contributed by atoms with van der Waals surface area (Å²) in [5.41, 5.74) is 5.80. The number of aromatic nitrogens is 5. The number of rotatable bonds is 7. The Kier molecular flexibility index (Phi) is 5.07. The van der Waals surface area contributed by atoms with Crippen molar-refractivity contribution in [1.29, 1.82) is 0 Å². The fourth-order valence-corrected chi connectivity index (χ4v) is 3.19. The van der Waals surface area contributed by atoms with Crippen LogP contribution in [0.4, 0.5) is 0 Å². The summed E-state index contributed by atoms with van der Waals surface area (Å²) in [5.74, 6) is 0. The second-order valence-electron chi connectivity index (χ2n) is 6.57. The average Bonchev–Trinajstić information content (AvgIpc) is 3.32. The van der Waals surface area contributed by atoms with E-state index in [2.05, 4.69) is 55.4 Å². The molecular formula is C21H22N6. The van der Waals surface area contributed by atoms with Crippen LogP contribution in [-0.4, -0.2) is 24.3 Å². The quantitative estimate of drug-likeness (QED) is 0.552. The van der Waals surface area contributed by atoms with Crippen molar-refractivity contribution in [3.63, 3.8) is 0 Å². The lowest BCUT2D eigenvalue weighted by molar-refractivity contribution is 0.690. The fraction of sp³-hybridized carbons (Fsp3) is 0.190. The minimum Gasteiger partial charge on any atom is -0.333 e.